The predicted molar refractivity (Wildman–Crippen MR) is 72.0 cm³/mol. The molecule has 0 bridgehead atoms. The third kappa shape index (κ3) is 2.03. The molecule has 0 radical (unpaired) electrons. The highest BCUT2D eigenvalue weighted by Gasteiger charge is 2.20. The van der Waals surface area contributed by atoms with E-state index in [-0.39, 0.29) is 11.6 Å². The summed E-state index contributed by atoms with van der Waals surface area (Å²) in [6.45, 7) is 0. The van der Waals surface area contributed by atoms with E-state index in [0.717, 1.165) is 28.9 Å². The van der Waals surface area contributed by atoms with Crippen molar-refractivity contribution in [1.29, 1.82) is 0 Å². The lowest BCUT2D eigenvalue weighted by molar-refractivity contribution is -0.118. The number of H-pyrrole nitrogens is 1. The van der Waals surface area contributed by atoms with Gasteiger partial charge in [-0.25, -0.2) is 9.78 Å². The maximum Gasteiger partial charge on any atom is 0.345 e. The molecule has 1 aliphatic heterocycles. The Morgan fingerprint density at radius 2 is 2.05 bits per heavy atom. The molecule has 96 valence electrons. The van der Waals surface area contributed by atoms with Gasteiger partial charge in [-0.1, -0.05) is 6.07 Å². The minimum atomic E-state index is -0.359. The second-order valence-electron chi connectivity index (χ2n) is 4.58. The molecule has 1 amide bonds. The van der Waals surface area contributed by atoms with Crippen LogP contribution in [0.4, 0.5) is 5.69 Å². The van der Waals surface area contributed by atoms with Crippen LogP contribution in [0.1, 0.15) is 12.0 Å². The highest BCUT2D eigenvalue weighted by Crippen LogP contribution is 2.30. The zero-order valence-corrected chi connectivity index (χ0v) is 10.5. The lowest BCUT2D eigenvalue weighted by Gasteiger charge is -2.26. The number of amides is 1. The number of hydrogen-bond donors (Lipinski definition) is 1. The van der Waals surface area contributed by atoms with Crippen molar-refractivity contribution in [3.8, 4) is 11.3 Å². The minimum absolute atomic E-state index is 0.137. The lowest BCUT2D eigenvalue weighted by atomic mass is 9.98. The second-order valence-corrected chi connectivity index (χ2v) is 4.58. The van der Waals surface area contributed by atoms with Crippen LogP contribution in [0.25, 0.3) is 11.3 Å². The summed E-state index contributed by atoms with van der Waals surface area (Å²) in [5.41, 5.74) is 3.37. The summed E-state index contributed by atoms with van der Waals surface area (Å²) >= 11 is 0. The number of nitrogens with one attached hydrogen (secondary N) is 1. The van der Waals surface area contributed by atoms with E-state index in [4.69, 9.17) is 0 Å². The molecule has 1 aliphatic rings. The molecule has 0 fully saturated rings. The SMILES string of the molecule is CN1C(=O)CCc2cc(-c3ccnc(=O)[nH]3)ccc21. The van der Waals surface area contributed by atoms with Crippen LogP contribution in [0, 0.1) is 0 Å². The van der Waals surface area contributed by atoms with Gasteiger partial charge in [-0.15, -0.1) is 0 Å². The third-order valence-corrected chi connectivity index (χ3v) is 3.41. The first-order chi connectivity index (χ1) is 9.15. The van der Waals surface area contributed by atoms with E-state index >= 15 is 0 Å². The quantitative estimate of drug-likeness (QED) is 0.836. The normalized spacial score (nSPS) is 14.4. The van der Waals surface area contributed by atoms with Crippen molar-refractivity contribution in [3.05, 3.63) is 46.5 Å². The molecular formula is C14H13N3O2. The molecule has 3 rings (SSSR count). The zero-order valence-electron chi connectivity index (χ0n) is 10.5. The summed E-state index contributed by atoms with van der Waals surface area (Å²) in [7, 11) is 1.79. The smallest absolute Gasteiger partial charge is 0.315 e. The molecule has 5 nitrogen and oxygen atoms in total. The highest BCUT2D eigenvalue weighted by atomic mass is 16.2. The number of benzene rings is 1. The van der Waals surface area contributed by atoms with E-state index in [0.29, 0.717) is 6.42 Å². The Morgan fingerprint density at radius 1 is 1.21 bits per heavy atom. The fraction of sp³-hybridized carbons (Fsp3) is 0.214. The van der Waals surface area contributed by atoms with Crippen molar-refractivity contribution in [1.82, 2.24) is 9.97 Å². The number of carbonyl (C=O) groups excluding carboxylic acids is 1. The largest absolute Gasteiger partial charge is 0.345 e. The van der Waals surface area contributed by atoms with Crippen molar-refractivity contribution in [2.75, 3.05) is 11.9 Å². The number of anilines is 1. The summed E-state index contributed by atoms with van der Waals surface area (Å²) in [5.74, 6) is 0.137. The van der Waals surface area contributed by atoms with Crippen molar-refractivity contribution < 1.29 is 4.79 Å². The molecule has 19 heavy (non-hydrogen) atoms. The summed E-state index contributed by atoms with van der Waals surface area (Å²) in [6.07, 6.45) is 2.75. The molecule has 1 aromatic carbocycles. The Kier molecular flexibility index (Phi) is 2.67. The van der Waals surface area contributed by atoms with Crippen LogP contribution in [0.5, 0.6) is 0 Å². The van der Waals surface area contributed by atoms with Gasteiger partial charge in [0, 0.05) is 25.4 Å². The maximum atomic E-state index is 11.6. The molecule has 0 aliphatic carbocycles. The monoisotopic (exact) mass is 255 g/mol. The molecule has 2 heterocycles. The van der Waals surface area contributed by atoms with E-state index in [1.54, 1.807) is 18.0 Å². The van der Waals surface area contributed by atoms with Crippen LogP contribution in [0.15, 0.2) is 35.3 Å². The number of rotatable bonds is 1. The summed E-state index contributed by atoms with van der Waals surface area (Å²) in [6, 6.07) is 7.60. The first-order valence-electron chi connectivity index (χ1n) is 6.10. The molecule has 2 aromatic rings. The standard InChI is InChI=1S/C14H13N3O2/c1-17-12-4-2-9(8-10(12)3-5-13(17)18)11-6-7-15-14(19)16-11/h2,4,6-8H,3,5H2,1H3,(H,15,16,19). The summed E-state index contributed by atoms with van der Waals surface area (Å²) in [4.78, 5) is 30.8. The average molecular weight is 255 g/mol. The van der Waals surface area contributed by atoms with Gasteiger partial charge < -0.3 is 9.88 Å². The Hall–Kier alpha value is -2.43. The number of fused-ring (bicyclic) bond motifs is 1. The van der Waals surface area contributed by atoms with Gasteiger partial charge in [0.1, 0.15) is 0 Å². The van der Waals surface area contributed by atoms with Gasteiger partial charge in [0.2, 0.25) is 5.91 Å². The Balaban J connectivity index is 2.07. The van der Waals surface area contributed by atoms with Crippen LogP contribution in [-0.2, 0) is 11.2 Å². The first-order valence-corrected chi connectivity index (χ1v) is 6.10. The van der Waals surface area contributed by atoms with Gasteiger partial charge >= 0.3 is 5.69 Å². The van der Waals surface area contributed by atoms with Gasteiger partial charge in [0.15, 0.2) is 0 Å². The second kappa shape index (κ2) is 4.35. The molecule has 0 atom stereocenters. The summed E-state index contributed by atoms with van der Waals surface area (Å²) in [5, 5.41) is 0. The van der Waals surface area contributed by atoms with Gasteiger partial charge in [-0.3, -0.25) is 4.79 Å². The average Bonchev–Trinajstić information content (AvgIpc) is 2.43. The summed E-state index contributed by atoms with van der Waals surface area (Å²) < 4.78 is 0. The van der Waals surface area contributed by atoms with Crippen molar-refractivity contribution in [2.45, 2.75) is 12.8 Å². The van der Waals surface area contributed by atoms with Gasteiger partial charge in [-0.2, -0.15) is 0 Å². The van der Waals surface area contributed by atoms with E-state index < -0.39 is 0 Å². The van der Waals surface area contributed by atoms with E-state index in [1.807, 2.05) is 18.2 Å². The molecule has 1 aromatic heterocycles. The number of aryl methyl sites for hydroxylation is 1. The Morgan fingerprint density at radius 3 is 2.84 bits per heavy atom. The predicted octanol–water partition coefficient (Wildman–Crippen LogP) is 1.35. The molecule has 0 unspecified atom stereocenters. The van der Waals surface area contributed by atoms with Crippen LogP contribution in [-0.4, -0.2) is 22.9 Å². The van der Waals surface area contributed by atoms with Crippen molar-refractivity contribution >= 4 is 11.6 Å². The molecule has 1 N–H and O–H groups in total. The molecule has 0 saturated heterocycles. The van der Waals surface area contributed by atoms with E-state index in [9.17, 15) is 9.59 Å². The van der Waals surface area contributed by atoms with Crippen LogP contribution in [0.3, 0.4) is 0 Å². The number of aromatic nitrogens is 2. The lowest BCUT2D eigenvalue weighted by Crippen LogP contribution is -2.31. The van der Waals surface area contributed by atoms with Gasteiger partial charge in [-0.05, 0) is 35.7 Å². The minimum Gasteiger partial charge on any atom is -0.315 e. The zero-order chi connectivity index (χ0) is 13.4. The fourth-order valence-corrected chi connectivity index (χ4v) is 2.36. The van der Waals surface area contributed by atoms with Crippen LogP contribution < -0.4 is 10.6 Å². The van der Waals surface area contributed by atoms with Gasteiger partial charge in [0.05, 0.1) is 5.69 Å². The van der Waals surface area contributed by atoms with Crippen LogP contribution >= 0.6 is 0 Å². The van der Waals surface area contributed by atoms with Gasteiger partial charge in [0.25, 0.3) is 0 Å². The Bertz CT molecular complexity index is 706. The highest BCUT2D eigenvalue weighted by molar-refractivity contribution is 5.96. The molecule has 5 heteroatoms. The molecule has 0 spiro atoms. The first kappa shape index (κ1) is 11.6. The molecule has 0 saturated carbocycles. The van der Waals surface area contributed by atoms with E-state index in [1.165, 1.54) is 6.20 Å². The van der Waals surface area contributed by atoms with Crippen molar-refractivity contribution in [2.24, 2.45) is 0 Å². The third-order valence-electron chi connectivity index (χ3n) is 3.41. The van der Waals surface area contributed by atoms with Crippen LogP contribution in [0.2, 0.25) is 0 Å². The number of hydrogen-bond acceptors (Lipinski definition) is 3. The number of nitrogens with zero attached hydrogens (tertiary/aromatic N) is 2. The Labute approximate surface area is 109 Å². The van der Waals surface area contributed by atoms with E-state index in [2.05, 4.69) is 9.97 Å². The maximum absolute atomic E-state index is 11.6. The number of aromatic amines is 1. The number of carbonyl (C=O) groups is 1. The van der Waals surface area contributed by atoms with Crippen molar-refractivity contribution in [3.63, 3.8) is 0 Å². The fourth-order valence-electron chi connectivity index (χ4n) is 2.36. The topological polar surface area (TPSA) is 66.1 Å². The molecular weight excluding hydrogens is 242 g/mol.